The van der Waals surface area contributed by atoms with Crippen molar-refractivity contribution in [2.45, 2.75) is 38.0 Å². The van der Waals surface area contributed by atoms with Gasteiger partial charge in [0.15, 0.2) is 0 Å². The Kier molecular flexibility index (Phi) is 3.88. The Morgan fingerprint density at radius 2 is 1.96 bits per heavy atom. The van der Waals surface area contributed by atoms with Crippen molar-refractivity contribution in [3.63, 3.8) is 0 Å². The van der Waals surface area contributed by atoms with Crippen LogP contribution in [0.5, 0.6) is 0 Å². The molecule has 2 aliphatic rings. The minimum Gasteiger partial charge on any atom is -0.465 e. The number of esters is 1. The monoisotopic (exact) mass is 341 g/mol. The molecule has 0 fully saturated rings. The lowest BCUT2D eigenvalue weighted by molar-refractivity contribution is -0.116. The van der Waals surface area contributed by atoms with Gasteiger partial charge in [-0.3, -0.25) is 4.79 Å². The van der Waals surface area contributed by atoms with Gasteiger partial charge in [0.05, 0.1) is 17.7 Å². The summed E-state index contributed by atoms with van der Waals surface area (Å²) < 4.78 is 4.76. The Bertz CT molecular complexity index is 807. The predicted octanol–water partition coefficient (Wildman–Crippen LogP) is 3.89. The quantitative estimate of drug-likeness (QED) is 0.843. The molecule has 1 N–H and O–H groups in total. The molecule has 0 spiro atoms. The molecule has 1 aliphatic heterocycles. The zero-order valence-corrected chi connectivity index (χ0v) is 14.4. The molecule has 1 atom stereocenters. The third kappa shape index (κ3) is 2.53. The van der Waals surface area contributed by atoms with E-state index in [4.69, 9.17) is 4.74 Å². The minimum atomic E-state index is -0.337. The summed E-state index contributed by atoms with van der Waals surface area (Å²) in [7, 11) is 1.38. The number of aryl methyl sites for hydroxylation is 1. The fourth-order valence-corrected chi connectivity index (χ4v) is 5.14. The van der Waals surface area contributed by atoms with Crippen molar-refractivity contribution in [3.8, 4) is 0 Å². The van der Waals surface area contributed by atoms with Gasteiger partial charge in [-0.2, -0.15) is 0 Å². The number of methoxy groups -OCH3 is 1. The van der Waals surface area contributed by atoms with Crippen molar-refractivity contribution in [2.75, 3.05) is 12.4 Å². The number of hydrogen-bond acceptors (Lipinski definition) is 4. The van der Waals surface area contributed by atoms with Crippen LogP contribution in [0.25, 0.3) is 0 Å². The van der Waals surface area contributed by atoms with Crippen molar-refractivity contribution in [3.05, 3.63) is 51.4 Å². The first-order valence-corrected chi connectivity index (χ1v) is 9.11. The summed E-state index contributed by atoms with van der Waals surface area (Å²) >= 11 is 1.75. The molecule has 0 bridgehead atoms. The first-order chi connectivity index (χ1) is 11.7. The third-order valence-corrected chi connectivity index (χ3v) is 6.16. The fraction of sp³-hybridized carbons (Fsp3) is 0.368. The number of ether oxygens (including phenoxy) is 1. The van der Waals surface area contributed by atoms with Gasteiger partial charge in [-0.05, 0) is 54.5 Å². The molecule has 24 heavy (non-hydrogen) atoms. The first kappa shape index (κ1) is 15.4. The standard InChI is InChI=1S/C19H19NO3S/c1-23-19(22)12-8-6-11(7-9-12)14-10-16(21)20-18-17(14)13-4-2-3-5-15(13)24-18/h6-9,14H,2-5,10H2,1H3,(H,20,21)/t14-/m0/s1. The Hall–Kier alpha value is -2.14. The molecular formula is C19H19NO3S. The lowest BCUT2D eigenvalue weighted by Crippen LogP contribution is -2.23. The van der Waals surface area contributed by atoms with Crippen LogP contribution >= 0.6 is 11.3 Å². The highest BCUT2D eigenvalue weighted by Gasteiger charge is 2.33. The maximum Gasteiger partial charge on any atom is 0.337 e. The van der Waals surface area contributed by atoms with E-state index in [0.29, 0.717) is 12.0 Å². The van der Waals surface area contributed by atoms with E-state index in [1.165, 1.54) is 36.0 Å². The molecule has 2 heterocycles. The van der Waals surface area contributed by atoms with Crippen LogP contribution in [0.2, 0.25) is 0 Å². The Balaban J connectivity index is 1.75. The number of nitrogens with one attached hydrogen (secondary N) is 1. The maximum absolute atomic E-state index is 12.2. The van der Waals surface area contributed by atoms with E-state index in [1.54, 1.807) is 23.5 Å². The molecule has 2 aromatic rings. The van der Waals surface area contributed by atoms with E-state index in [1.807, 2.05) is 12.1 Å². The van der Waals surface area contributed by atoms with Gasteiger partial charge in [0.25, 0.3) is 0 Å². The molecule has 1 aliphatic carbocycles. The van der Waals surface area contributed by atoms with E-state index in [-0.39, 0.29) is 17.8 Å². The van der Waals surface area contributed by atoms with Gasteiger partial charge < -0.3 is 10.1 Å². The maximum atomic E-state index is 12.2. The lowest BCUT2D eigenvalue weighted by Gasteiger charge is -2.25. The van der Waals surface area contributed by atoms with Crippen molar-refractivity contribution < 1.29 is 14.3 Å². The van der Waals surface area contributed by atoms with Gasteiger partial charge in [0, 0.05) is 17.2 Å². The van der Waals surface area contributed by atoms with Crippen LogP contribution in [0.15, 0.2) is 24.3 Å². The molecular weight excluding hydrogens is 322 g/mol. The number of carbonyl (C=O) groups excluding carboxylic acids is 2. The van der Waals surface area contributed by atoms with E-state index in [0.717, 1.165) is 23.4 Å². The van der Waals surface area contributed by atoms with Crippen molar-refractivity contribution in [1.82, 2.24) is 0 Å². The number of hydrogen-bond donors (Lipinski definition) is 1. The zero-order valence-electron chi connectivity index (χ0n) is 13.6. The summed E-state index contributed by atoms with van der Waals surface area (Å²) in [5.74, 6) is -0.182. The lowest BCUT2D eigenvalue weighted by atomic mass is 9.82. The zero-order chi connectivity index (χ0) is 16.7. The Labute approximate surface area is 144 Å². The fourth-order valence-electron chi connectivity index (χ4n) is 3.77. The van der Waals surface area contributed by atoms with Crippen LogP contribution in [0, 0.1) is 0 Å². The number of carbonyl (C=O) groups is 2. The summed E-state index contributed by atoms with van der Waals surface area (Å²) in [6.45, 7) is 0. The molecule has 1 aromatic heterocycles. The average molecular weight is 341 g/mol. The molecule has 4 rings (SSSR count). The highest BCUT2D eigenvalue weighted by atomic mass is 32.1. The van der Waals surface area contributed by atoms with Gasteiger partial charge in [0.1, 0.15) is 0 Å². The highest BCUT2D eigenvalue weighted by molar-refractivity contribution is 7.16. The number of rotatable bonds is 2. The molecule has 5 heteroatoms. The molecule has 0 unspecified atom stereocenters. The van der Waals surface area contributed by atoms with Gasteiger partial charge in [0.2, 0.25) is 5.91 Å². The highest BCUT2D eigenvalue weighted by Crippen LogP contribution is 2.47. The summed E-state index contributed by atoms with van der Waals surface area (Å²) in [6.07, 6.45) is 5.15. The van der Waals surface area contributed by atoms with Crippen LogP contribution in [0.4, 0.5) is 5.00 Å². The molecule has 0 saturated carbocycles. The smallest absolute Gasteiger partial charge is 0.337 e. The van der Waals surface area contributed by atoms with Crippen LogP contribution in [0.3, 0.4) is 0 Å². The Morgan fingerprint density at radius 1 is 1.21 bits per heavy atom. The van der Waals surface area contributed by atoms with Gasteiger partial charge in [-0.1, -0.05) is 12.1 Å². The van der Waals surface area contributed by atoms with Crippen LogP contribution in [-0.4, -0.2) is 19.0 Å². The number of anilines is 1. The number of fused-ring (bicyclic) bond motifs is 3. The van der Waals surface area contributed by atoms with Gasteiger partial charge in [-0.15, -0.1) is 11.3 Å². The summed E-state index contributed by atoms with van der Waals surface area (Å²) in [5.41, 5.74) is 4.38. The molecule has 4 nitrogen and oxygen atoms in total. The van der Waals surface area contributed by atoms with Gasteiger partial charge in [-0.25, -0.2) is 4.79 Å². The second-order valence-corrected chi connectivity index (χ2v) is 7.48. The summed E-state index contributed by atoms with van der Waals surface area (Å²) in [6, 6.07) is 7.47. The molecule has 124 valence electrons. The van der Waals surface area contributed by atoms with Crippen molar-refractivity contribution >= 4 is 28.2 Å². The second kappa shape index (κ2) is 6.06. The van der Waals surface area contributed by atoms with Crippen LogP contribution in [-0.2, 0) is 22.4 Å². The molecule has 1 aromatic carbocycles. The van der Waals surface area contributed by atoms with E-state index in [2.05, 4.69) is 5.32 Å². The van der Waals surface area contributed by atoms with Crippen molar-refractivity contribution in [1.29, 1.82) is 0 Å². The number of thiophene rings is 1. The number of amides is 1. The van der Waals surface area contributed by atoms with Crippen LogP contribution in [0.1, 0.15) is 57.1 Å². The SMILES string of the molecule is COC(=O)c1ccc([C@@H]2CC(=O)Nc3sc4c(c32)CCCC4)cc1. The second-order valence-electron chi connectivity index (χ2n) is 6.37. The predicted molar refractivity (Wildman–Crippen MR) is 93.8 cm³/mol. The largest absolute Gasteiger partial charge is 0.465 e. The van der Waals surface area contributed by atoms with Gasteiger partial charge >= 0.3 is 5.97 Å². The Morgan fingerprint density at radius 3 is 2.71 bits per heavy atom. The summed E-state index contributed by atoms with van der Waals surface area (Å²) in [4.78, 5) is 25.2. The van der Waals surface area contributed by atoms with Crippen LogP contribution < -0.4 is 5.32 Å². The third-order valence-electron chi connectivity index (χ3n) is 4.94. The normalized spacial score (nSPS) is 19.2. The topological polar surface area (TPSA) is 55.4 Å². The van der Waals surface area contributed by atoms with E-state index >= 15 is 0 Å². The minimum absolute atomic E-state index is 0.0724. The summed E-state index contributed by atoms with van der Waals surface area (Å²) in [5, 5.41) is 4.09. The first-order valence-electron chi connectivity index (χ1n) is 8.30. The molecule has 1 amide bonds. The van der Waals surface area contributed by atoms with E-state index < -0.39 is 0 Å². The molecule has 0 saturated heterocycles. The number of benzene rings is 1. The van der Waals surface area contributed by atoms with E-state index in [9.17, 15) is 9.59 Å². The average Bonchev–Trinajstić information content (AvgIpc) is 2.98. The van der Waals surface area contributed by atoms with Crippen molar-refractivity contribution in [2.24, 2.45) is 0 Å². The molecule has 0 radical (unpaired) electrons.